The molecule has 0 spiro atoms. The first kappa shape index (κ1) is 11.6. The fraction of sp³-hybridized carbons (Fsp3) is 0.0909. The minimum atomic E-state index is -1.21. The van der Waals surface area contributed by atoms with Crippen molar-refractivity contribution in [3.8, 4) is 11.3 Å². The van der Waals surface area contributed by atoms with Gasteiger partial charge in [-0.2, -0.15) is 0 Å². The van der Waals surface area contributed by atoms with Crippen LogP contribution in [0.25, 0.3) is 11.3 Å². The molecule has 0 unspecified atom stereocenters. The molecule has 1 aromatic carbocycles. The van der Waals surface area contributed by atoms with Gasteiger partial charge in [0.05, 0.1) is 5.02 Å². The fourth-order valence-electron chi connectivity index (χ4n) is 1.39. The molecule has 0 aliphatic rings. The normalized spacial score (nSPS) is 10.5. The predicted octanol–water partition coefficient (Wildman–Crippen LogP) is 3.14. The Kier molecular flexibility index (Phi) is 2.85. The third-order valence-electron chi connectivity index (χ3n) is 2.23. The number of aromatic nitrogens is 1. The Hall–Kier alpha value is -1.88. The van der Waals surface area contributed by atoms with Gasteiger partial charge >= 0.3 is 5.97 Å². The van der Waals surface area contributed by atoms with Gasteiger partial charge in [0.25, 0.3) is 0 Å². The number of nitrogens with zero attached hydrogens (tertiary/aromatic N) is 1. The highest BCUT2D eigenvalue weighted by Crippen LogP contribution is 2.27. The lowest BCUT2D eigenvalue weighted by Gasteiger charge is -2.02. The first-order chi connectivity index (χ1) is 7.99. The van der Waals surface area contributed by atoms with Crippen molar-refractivity contribution >= 4 is 17.6 Å². The number of benzene rings is 1. The molecule has 0 atom stereocenters. The van der Waals surface area contributed by atoms with E-state index in [4.69, 9.17) is 16.7 Å². The summed E-state index contributed by atoms with van der Waals surface area (Å²) in [5, 5.41) is 12.2. The summed E-state index contributed by atoms with van der Waals surface area (Å²) in [5.41, 5.74) is 1.16. The Labute approximate surface area is 101 Å². The van der Waals surface area contributed by atoms with Crippen molar-refractivity contribution in [2.75, 3.05) is 0 Å². The Morgan fingerprint density at radius 3 is 2.71 bits per heavy atom. The molecule has 0 aliphatic heterocycles. The van der Waals surface area contributed by atoms with Gasteiger partial charge in [0.2, 0.25) is 5.76 Å². The quantitative estimate of drug-likeness (QED) is 0.895. The molecule has 2 aromatic rings. The van der Waals surface area contributed by atoms with Crippen LogP contribution in [0.2, 0.25) is 5.02 Å². The van der Waals surface area contributed by atoms with E-state index in [0.717, 1.165) is 0 Å². The molecule has 17 heavy (non-hydrogen) atoms. The molecule has 0 saturated carbocycles. The van der Waals surface area contributed by atoms with E-state index in [2.05, 4.69) is 9.68 Å². The zero-order valence-corrected chi connectivity index (χ0v) is 9.45. The van der Waals surface area contributed by atoms with Gasteiger partial charge in [0.1, 0.15) is 11.5 Å². The highest BCUT2D eigenvalue weighted by Gasteiger charge is 2.14. The van der Waals surface area contributed by atoms with E-state index in [1.807, 2.05) is 0 Å². The lowest BCUT2D eigenvalue weighted by atomic mass is 10.1. The number of hydrogen-bond acceptors (Lipinski definition) is 3. The third kappa shape index (κ3) is 2.14. The Morgan fingerprint density at radius 2 is 2.18 bits per heavy atom. The summed E-state index contributed by atoms with van der Waals surface area (Å²) in [6, 6.07) is 4.14. The molecule has 0 aliphatic carbocycles. The Bertz CT molecular complexity index is 571. The van der Waals surface area contributed by atoms with Crippen molar-refractivity contribution < 1.29 is 18.8 Å². The largest absolute Gasteiger partial charge is 0.475 e. The molecule has 0 bridgehead atoms. The van der Waals surface area contributed by atoms with E-state index in [0.29, 0.717) is 16.8 Å². The number of carboxylic acid groups (broad SMARTS) is 1. The minimum Gasteiger partial charge on any atom is -0.475 e. The van der Waals surface area contributed by atoms with Crippen LogP contribution in [0, 0.1) is 12.7 Å². The molecule has 6 heteroatoms. The number of aryl methyl sites for hydroxylation is 1. The monoisotopic (exact) mass is 255 g/mol. The van der Waals surface area contributed by atoms with E-state index in [-0.39, 0.29) is 10.8 Å². The molecule has 1 aromatic heterocycles. The van der Waals surface area contributed by atoms with Gasteiger partial charge in [0, 0.05) is 11.6 Å². The minimum absolute atomic E-state index is 0.0418. The predicted molar refractivity (Wildman–Crippen MR) is 58.6 cm³/mol. The van der Waals surface area contributed by atoms with Crippen LogP contribution in [0.3, 0.4) is 0 Å². The maximum atomic E-state index is 13.3. The van der Waals surface area contributed by atoms with E-state index < -0.39 is 11.8 Å². The van der Waals surface area contributed by atoms with Gasteiger partial charge in [-0.3, -0.25) is 0 Å². The standard InChI is InChI=1S/C11H7ClFNO3/c1-5-2-6(3-7(12)10(5)13)8-4-9(11(15)16)17-14-8/h2-4H,1H3,(H,15,16). The van der Waals surface area contributed by atoms with Crippen molar-refractivity contribution in [2.45, 2.75) is 6.92 Å². The molecule has 4 nitrogen and oxygen atoms in total. The zero-order valence-electron chi connectivity index (χ0n) is 8.70. The highest BCUT2D eigenvalue weighted by molar-refractivity contribution is 6.31. The summed E-state index contributed by atoms with van der Waals surface area (Å²) in [7, 11) is 0. The van der Waals surface area contributed by atoms with Gasteiger partial charge in [-0.15, -0.1) is 0 Å². The number of carbonyl (C=O) groups is 1. The summed E-state index contributed by atoms with van der Waals surface area (Å²) in [4.78, 5) is 10.6. The average Bonchev–Trinajstić information content (AvgIpc) is 2.74. The molecule has 2 rings (SSSR count). The summed E-state index contributed by atoms with van der Waals surface area (Å²) in [6.07, 6.45) is 0. The van der Waals surface area contributed by atoms with E-state index in [1.54, 1.807) is 6.92 Å². The molecular formula is C11H7ClFNO3. The SMILES string of the molecule is Cc1cc(-c2cc(C(=O)O)on2)cc(Cl)c1F. The maximum Gasteiger partial charge on any atom is 0.374 e. The van der Waals surface area contributed by atoms with E-state index in [1.165, 1.54) is 18.2 Å². The van der Waals surface area contributed by atoms with Crippen molar-refractivity contribution in [2.24, 2.45) is 0 Å². The van der Waals surface area contributed by atoms with Crippen molar-refractivity contribution in [3.63, 3.8) is 0 Å². The fourth-order valence-corrected chi connectivity index (χ4v) is 1.65. The van der Waals surface area contributed by atoms with E-state index in [9.17, 15) is 9.18 Å². The van der Waals surface area contributed by atoms with Crippen LogP contribution in [-0.2, 0) is 0 Å². The highest BCUT2D eigenvalue weighted by atomic mass is 35.5. The van der Waals surface area contributed by atoms with Crippen LogP contribution in [0.4, 0.5) is 4.39 Å². The number of carboxylic acids is 1. The summed E-state index contributed by atoms with van der Waals surface area (Å²) < 4.78 is 17.9. The van der Waals surface area contributed by atoms with Gasteiger partial charge < -0.3 is 9.63 Å². The first-order valence-electron chi connectivity index (χ1n) is 4.65. The third-order valence-corrected chi connectivity index (χ3v) is 2.50. The molecular weight excluding hydrogens is 249 g/mol. The summed E-state index contributed by atoms with van der Waals surface area (Å²) in [5.74, 6) is -2.00. The smallest absolute Gasteiger partial charge is 0.374 e. The summed E-state index contributed by atoms with van der Waals surface area (Å²) in [6.45, 7) is 1.56. The van der Waals surface area contributed by atoms with Crippen LogP contribution < -0.4 is 0 Å². The van der Waals surface area contributed by atoms with Crippen LogP contribution in [-0.4, -0.2) is 16.2 Å². The Balaban J connectivity index is 2.49. The van der Waals surface area contributed by atoms with Gasteiger partial charge in [0.15, 0.2) is 0 Å². The number of aromatic carboxylic acids is 1. The Morgan fingerprint density at radius 1 is 1.47 bits per heavy atom. The molecule has 1 N–H and O–H groups in total. The molecule has 0 fully saturated rings. The van der Waals surface area contributed by atoms with Crippen LogP contribution in [0.1, 0.15) is 16.1 Å². The average molecular weight is 256 g/mol. The second-order valence-corrected chi connectivity index (χ2v) is 3.88. The summed E-state index contributed by atoms with van der Waals surface area (Å²) >= 11 is 5.69. The van der Waals surface area contributed by atoms with Crippen LogP contribution in [0.15, 0.2) is 22.7 Å². The molecule has 88 valence electrons. The first-order valence-corrected chi connectivity index (χ1v) is 5.03. The van der Waals surface area contributed by atoms with Crippen LogP contribution in [0.5, 0.6) is 0 Å². The maximum absolute atomic E-state index is 13.3. The topological polar surface area (TPSA) is 63.3 Å². The zero-order chi connectivity index (χ0) is 12.6. The van der Waals surface area contributed by atoms with Gasteiger partial charge in [-0.1, -0.05) is 16.8 Å². The number of hydrogen-bond donors (Lipinski definition) is 1. The molecule has 0 amide bonds. The molecule has 0 radical (unpaired) electrons. The lowest BCUT2D eigenvalue weighted by molar-refractivity contribution is 0.0652. The van der Waals surface area contributed by atoms with Crippen molar-refractivity contribution in [3.05, 3.63) is 40.4 Å². The number of halogens is 2. The van der Waals surface area contributed by atoms with Gasteiger partial charge in [-0.25, -0.2) is 9.18 Å². The molecule has 0 saturated heterocycles. The lowest BCUT2D eigenvalue weighted by Crippen LogP contribution is -1.91. The van der Waals surface area contributed by atoms with Crippen molar-refractivity contribution in [1.29, 1.82) is 0 Å². The molecule has 1 heterocycles. The number of rotatable bonds is 2. The van der Waals surface area contributed by atoms with Crippen molar-refractivity contribution in [1.82, 2.24) is 5.16 Å². The van der Waals surface area contributed by atoms with Crippen LogP contribution >= 0.6 is 11.6 Å². The second kappa shape index (κ2) is 4.18. The van der Waals surface area contributed by atoms with E-state index >= 15 is 0 Å². The second-order valence-electron chi connectivity index (χ2n) is 3.47. The van der Waals surface area contributed by atoms with Gasteiger partial charge in [-0.05, 0) is 24.6 Å².